The van der Waals surface area contributed by atoms with Gasteiger partial charge in [0.1, 0.15) is 0 Å². The van der Waals surface area contributed by atoms with Crippen LogP contribution in [0.1, 0.15) is 37.7 Å². The molecule has 0 aliphatic carbocycles. The van der Waals surface area contributed by atoms with Gasteiger partial charge in [-0.2, -0.15) is 0 Å². The Labute approximate surface area is 129 Å². The van der Waals surface area contributed by atoms with Gasteiger partial charge in [0, 0.05) is 25.3 Å². The van der Waals surface area contributed by atoms with Crippen molar-refractivity contribution < 1.29 is 0 Å². The lowest BCUT2D eigenvalue weighted by atomic mass is 10.1. The first kappa shape index (κ1) is 14.9. The van der Waals surface area contributed by atoms with Crippen molar-refractivity contribution in [3.05, 3.63) is 29.8 Å². The van der Waals surface area contributed by atoms with Crippen LogP contribution in [0.25, 0.3) is 0 Å². The Morgan fingerprint density at radius 2 is 1.62 bits per heavy atom. The number of para-hydroxylation sites is 1. The lowest BCUT2D eigenvalue weighted by Crippen LogP contribution is -2.25. The van der Waals surface area contributed by atoms with E-state index in [0.29, 0.717) is 0 Å². The molecule has 3 rings (SSSR count). The van der Waals surface area contributed by atoms with Gasteiger partial charge in [-0.15, -0.1) is 0 Å². The van der Waals surface area contributed by atoms with Crippen molar-refractivity contribution >= 4 is 5.69 Å². The summed E-state index contributed by atoms with van der Waals surface area (Å²) in [5.41, 5.74) is 2.91. The molecule has 3 heteroatoms. The number of benzene rings is 1. The maximum Gasteiger partial charge on any atom is 0.0411 e. The van der Waals surface area contributed by atoms with Crippen LogP contribution >= 0.6 is 0 Å². The van der Waals surface area contributed by atoms with E-state index in [-0.39, 0.29) is 0 Å². The maximum absolute atomic E-state index is 3.64. The van der Waals surface area contributed by atoms with E-state index in [0.717, 1.165) is 13.1 Å². The van der Waals surface area contributed by atoms with Gasteiger partial charge in [-0.05, 0) is 69.9 Å². The maximum atomic E-state index is 3.64. The van der Waals surface area contributed by atoms with Gasteiger partial charge in [0.05, 0.1) is 0 Å². The number of hydrogen-bond acceptors (Lipinski definition) is 3. The van der Waals surface area contributed by atoms with Crippen LogP contribution in [0.3, 0.4) is 0 Å². The third-order valence-electron chi connectivity index (χ3n) is 4.78. The molecular weight excluding hydrogens is 258 g/mol. The molecule has 2 fully saturated rings. The summed E-state index contributed by atoms with van der Waals surface area (Å²) in [6.07, 6.45) is 6.76. The molecule has 1 aromatic rings. The molecule has 2 aliphatic rings. The highest BCUT2D eigenvalue weighted by Gasteiger charge is 2.15. The van der Waals surface area contributed by atoms with Gasteiger partial charge < -0.3 is 15.1 Å². The summed E-state index contributed by atoms with van der Waals surface area (Å²) in [5, 5.41) is 3.64. The van der Waals surface area contributed by atoms with Crippen LogP contribution in [0.5, 0.6) is 0 Å². The number of anilines is 1. The summed E-state index contributed by atoms with van der Waals surface area (Å²) in [5.74, 6) is 0. The van der Waals surface area contributed by atoms with Crippen molar-refractivity contribution in [2.75, 3.05) is 44.2 Å². The molecule has 0 unspecified atom stereocenters. The minimum Gasteiger partial charge on any atom is -0.371 e. The molecule has 0 spiro atoms. The average Bonchev–Trinajstić information content (AvgIpc) is 3.21. The van der Waals surface area contributed by atoms with Crippen molar-refractivity contribution in [3.8, 4) is 0 Å². The van der Waals surface area contributed by atoms with Gasteiger partial charge in [0.15, 0.2) is 0 Å². The van der Waals surface area contributed by atoms with Gasteiger partial charge >= 0.3 is 0 Å². The number of nitrogens with zero attached hydrogens (tertiary/aromatic N) is 2. The van der Waals surface area contributed by atoms with Crippen molar-refractivity contribution in [2.45, 2.75) is 38.6 Å². The molecule has 3 nitrogen and oxygen atoms in total. The standard InChI is InChI=1S/C18H29N3/c1-2-9-18(21-14-5-6-15-21)17(8-1)16-19-10-7-13-20-11-3-4-12-20/h1-2,8-9,19H,3-7,10-16H2. The van der Waals surface area contributed by atoms with E-state index in [4.69, 9.17) is 0 Å². The monoisotopic (exact) mass is 287 g/mol. The Kier molecular flexibility index (Phi) is 5.53. The normalized spacial score (nSPS) is 19.5. The van der Waals surface area contributed by atoms with Crippen LogP contribution < -0.4 is 10.2 Å². The third-order valence-corrected chi connectivity index (χ3v) is 4.78. The quantitative estimate of drug-likeness (QED) is 0.778. The molecule has 0 radical (unpaired) electrons. The van der Waals surface area contributed by atoms with E-state index in [1.165, 1.54) is 76.1 Å². The smallest absolute Gasteiger partial charge is 0.0411 e. The predicted octanol–water partition coefficient (Wildman–Crippen LogP) is 2.86. The molecule has 21 heavy (non-hydrogen) atoms. The summed E-state index contributed by atoms with van der Waals surface area (Å²) in [6.45, 7) is 8.49. The largest absolute Gasteiger partial charge is 0.371 e. The van der Waals surface area contributed by atoms with Crippen molar-refractivity contribution in [3.63, 3.8) is 0 Å². The number of nitrogens with one attached hydrogen (secondary N) is 1. The molecule has 1 N–H and O–H groups in total. The molecule has 0 bridgehead atoms. The molecule has 116 valence electrons. The summed E-state index contributed by atoms with van der Waals surface area (Å²) in [7, 11) is 0. The van der Waals surface area contributed by atoms with Gasteiger partial charge in [0.25, 0.3) is 0 Å². The van der Waals surface area contributed by atoms with E-state index in [2.05, 4.69) is 39.4 Å². The Morgan fingerprint density at radius 1 is 0.905 bits per heavy atom. The van der Waals surface area contributed by atoms with E-state index in [9.17, 15) is 0 Å². The van der Waals surface area contributed by atoms with Gasteiger partial charge in [-0.1, -0.05) is 18.2 Å². The molecule has 0 amide bonds. The summed E-state index contributed by atoms with van der Waals surface area (Å²) in [4.78, 5) is 5.14. The zero-order valence-corrected chi connectivity index (χ0v) is 13.2. The molecule has 0 atom stereocenters. The SMILES string of the molecule is c1ccc(N2CCCC2)c(CNCCCN2CCCC2)c1. The van der Waals surface area contributed by atoms with E-state index in [1.54, 1.807) is 0 Å². The van der Waals surface area contributed by atoms with E-state index in [1.807, 2.05) is 0 Å². The van der Waals surface area contributed by atoms with Crippen LogP contribution in [0, 0.1) is 0 Å². The highest BCUT2D eigenvalue weighted by molar-refractivity contribution is 5.54. The molecule has 2 aliphatic heterocycles. The number of likely N-dealkylation sites (tertiary alicyclic amines) is 1. The zero-order chi connectivity index (χ0) is 14.3. The first-order valence-corrected chi connectivity index (χ1v) is 8.69. The van der Waals surface area contributed by atoms with E-state index < -0.39 is 0 Å². The van der Waals surface area contributed by atoms with Gasteiger partial charge in [0.2, 0.25) is 0 Å². The van der Waals surface area contributed by atoms with Crippen molar-refractivity contribution in [2.24, 2.45) is 0 Å². The summed E-state index contributed by atoms with van der Waals surface area (Å²) >= 11 is 0. The van der Waals surface area contributed by atoms with Gasteiger partial charge in [-0.25, -0.2) is 0 Å². The molecular formula is C18H29N3. The first-order chi connectivity index (χ1) is 10.4. The Balaban J connectivity index is 1.42. The lowest BCUT2D eigenvalue weighted by Gasteiger charge is -2.21. The van der Waals surface area contributed by atoms with Crippen LogP contribution in [-0.4, -0.2) is 44.2 Å². The van der Waals surface area contributed by atoms with Crippen LogP contribution in [0.15, 0.2) is 24.3 Å². The second kappa shape index (κ2) is 7.81. The van der Waals surface area contributed by atoms with Crippen molar-refractivity contribution in [1.29, 1.82) is 0 Å². The highest BCUT2D eigenvalue weighted by atomic mass is 15.1. The fraction of sp³-hybridized carbons (Fsp3) is 0.667. The topological polar surface area (TPSA) is 18.5 Å². The first-order valence-electron chi connectivity index (χ1n) is 8.69. The number of hydrogen-bond donors (Lipinski definition) is 1. The van der Waals surface area contributed by atoms with Crippen LogP contribution in [0.2, 0.25) is 0 Å². The third kappa shape index (κ3) is 4.21. The Morgan fingerprint density at radius 3 is 2.43 bits per heavy atom. The van der Waals surface area contributed by atoms with E-state index >= 15 is 0 Å². The number of rotatable bonds is 7. The van der Waals surface area contributed by atoms with Crippen molar-refractivity contribution in [1.82, 2.24) is 10.2 Å². The fourth-order valence-corrected chi connectivity index (χ4v) is 3.58. The lowest BCUT2D eigenvalue weighted by molar-refractivity contribution is 0.331. The summed E-state index contributed by atoms with van der Waals surface area (Å²) < 4.78 is 0. The minimum atomic E-state index is 1.01. The van der Waals surface area contributed by atoms with Gasteiger partial charge in [-0.3, -0.25) is 0 Å². The fourth-order valence-electron chi connectivity index (χ4n) is 3.58. The zero-order valence-electron chi connectivity index (χ0n) is 13.2. The molecule has 2 heterocycles. The van der Waals surface area contributed by atoms with Crippen LogP contribution in [0.4, 0.5) is 5.69 Å². The molecule has 0 saturated carbocycles. The molecule has 0 aromatic heterocycles. The average molecular weight is 287 g/mol. The second-order valence-electron chi connectivity index (χ2n) is 6.40. The highest BCUT2D eigenvalue weighted by Crippen LogP contribution is 2.24. The molecule has 1 aromatic carbocycles. The summed E-state index contributed by atoms with van der Waals surface area (Å²) in [6, 6.07) is 8.90. The van der Waals surface area contributed by atoms with Crippen LogP contribution in [-0.2, 0) is 6.54 Å². The Bertz CT molecular complexity index is 420. The second-order valence-corrected chi connectivity index (χ2v) is 6.40. The predicted molar refractivity (Wildman–Crippen MR) is 89.9 cm³/mol. The minimum absolute atomic E-state index is 1.01. The molecule has 2 saturated heterocycles. The Hall–Kier alpha value is -1.06.